The zero-order valence-corrected chi connectivity index (χ0v) is 8.00. The van der Waals surface area contributed by atoms with Crippen molar-refractivity contribution >= 4 is 10.9 Å². The molecule has 0 aliphatic heterocycles. The first kappa shape index (κ1) is 8.74. The van der Waals surface area contributed by atoms with Crippen LogP contribution in [0.5, 0.6) is 5.88 Å². The molecule has 0 bridgehead atoms. The van der Waals surface area contributed by atoms with Gasteiger partial charge in [-0.3, -0.25) is 9.78 Å². The second-order valence-corrected chi connectivity index (χ2v) is 3.06. The van der Waals surface area contributed by atoms with Crippen LogP contribution >= 0.6 is 0 Å². The summed E-state index contributed by atoms with van der Waals surface area (Å²) in [5, 5.41) is 0.788. The molecule has 0 saturated carbocycles. The van der Waals surface area contributed by atoms with E-state index in [0.29, 0.717) is 11.4 Å². The van der Waals surface area contributed by atoms with E-state index in [0.717, 1.165) is 11.1 Å². The molecule has 2 aromatic rings. The van der Waals surface area contributed by atoms with E-state index >= 15 is 0 Å². The van der Waals surface area contributed by atoms with Crippen LogP contribution in [0.25, 0.3) is 10.9 Å². The van der Waals surface area contributed by atoms with Gasteiger partial charge in [-0.1, -0.05) is 6.07 Å². The topological polar surface area (TPSA) is 55.0 Å². The highest BCUT2D eigenvalue weighted by Crippen LogP contribution is 2.12. The lowest BCUT2D eigenvalue weighted by atomic mass is 10.2. The molecule has 1 N–H and O–H groups in total. The van der Waals surface area contributed by atoms with E-state index in [-0.39, 0.29) is 5.56 Å². The predicted molar refractivity (Wildman–Crippen MR) is 53.7 cm³/mol. The van der Waals surface area contributed by atoms with Crippen molar-refractivity contribution in [1.29, 1.82) is 0 Å². The average molecular weight is 190 g/mol. The monoisotopic (exact) mass is 190 g/mol. The number of H-pyrrole nitrogens is 1. The van der Waals surface area contributed by atoms with E-state index in [1.807, 2.05) is 19.1 Å². The van der Waals surface area contributed by atoms with Gasteiger partial charge in [-0.15, -0.1) is 0 Å². The van der Waals surface area contributed by atoms with Crippen LogP contribution in [0, 0.1) is 6.92 Å². The molecule has 2 heterocycles. The van der Waals surface area contributed by atoms with E-state index in [9.17, 15) is 4.79 Å². The Hall–Kier alpha value is -1.84. The minimum atomic E-state index is -0.219. The Morgan fingerprint density at radius 2 is 2.21 bits per heavy atom. The molecule has 0 aliphatic rings. The van der Waals surface area contributed by atoms with E-state index in [4.69, 9.17) is 4.74 Å². The average Bonchev–Trinajstić information content (AvgIpc) is 2.19. The van der Waals surface area contributed by atoms with Crippen molar-refractivity contribution in [3.63, 3.8) is 0 Å². The highest BCUT2D eigenvalue weighted by Gasteiger charge is 2.02. The molecule has 0 aromatic carbocycles. The fourth-order valence-corrected chi connectivity index (χ4v) is 1.32. The van der Waals surface area contributed by atoms with Crippen LogP contribution in [0.1, 0.15) is 5.69 Å². The summed E-state index contributed by atoms with van der Waals surface area (Å²) in [4.78, 5) is 18.3. The van der Waals surface area contributed by atoms with Gasteiger partial charge in [0.2, 0.25) is 0 Å². The minimum absolute atomic E-state index is 0.219. The number of ether oxygens (including phenoxy) is 1. The van der Waals surface area contributed by atoms with Gasteiger partial charge in [-0.05, 0) is 13.0 Å². The number of aryl methyl sites for hydroxylation is 1. The van der Waals surface area contributed by atoms with Crippen molar-refractivity contribution in [3.05, 3.63) is 34.2 Å². The molecule has 4 heteroatoms. The van der Waals surface area contributed by atoms with Gasteiger partial charge in [0.25, 0.3) is 5.56 Å². The quantitative estimate of drug-likeness (QED) is 0.736. The number of nitrogens with one attached hydrogen (secondary N) is 1. The van der Waals surface area contributed by atoms with Crippen molar-refractivity contribution in [2.24, 2.45) is 0 Å². The van der Waals surface area contributed by atoms with Crippen LogP contribution in [-0.2, 0) is 0 Å². The molecule has 0 aliphatic carbocycles. The minimum Gasteiger partial charge on any atom is -0.482 e. The summed E-state index contributed by atoms with van der Waals surface area (Å²) >= 11 is 0. The van der Waals surface area contributed by atoms with Crippen molar-refractivity contribution < 1.29 is 4.74 Å². The van der Waals surface area contributed by atoms with Crippen molar-refractivity contribution in [2.45, 2.75) is 6.92 Å². The predicted octanol–water partition coefficient (Wildman–Crippen LogP) is 1.24. The summed E-state index contributed by atoms with van der Waals surface area (Å²) in [6, 6.07) is 5.47. The Bertz CT molecular complexity index is 531. The number of aromatic amines is 1. The molecular weight excluding hydrogens is 180 g/mol. The Balaban J connectivity index is 2.83. The first-order valence-corrected chi connectivity index (χ1v) is 4.25. The fourth-order valence-electron chi connectivity index (χ4n) is 1.32. The van der Waals surface area contributed by atoms with E-state index in [2.05, 4.69) is 9.97 Å². The number of hydrogen-bond acceptors (Lipinski definition) is 3. The molecule has 0 fully saturated rings. The number of methoxy groups -OCH3 is 1. The lowest BCUT2D eigenvalue weighted by molar-refractivity contribution is 0.397. The van der Waals surface area contributed by atoms with Crippen LogP contribution in [0.4, 0.5) is 0 Å². The number of nitrogens with zero attached hydrogens (tertiary/aromatic N) is 1. The molecule has 0 radical (unpaired) electrons. The maximum absolute atomic E-state index is 11.5. The molecule has 0 spiro atoms. The Morgan fingerprint density at radius 3 is 2.93 bits per heavy atom. The lowest BCUT2D eigenvalue weighted by Crippen LogP contribution is -2.09. The van der Waals surface area contributed by atoms with E-state index in [1.54, 1.807) is 6.07 Å². The van der Waals surface area contributed by atoms with Gasteiger partial charge in [0.1, 0.15) is 5.52 Å². The maximum atomic E-state index is 11.5. The molecule has 0 saturated heterocycles. The normalized spacial score (nSPS) is 10.4. The van der Waals surface area contributed by atoms with Gasteiger partial charge in [-0.2, -0.15) is 0 Å². The number of hydrogen-bond donors (Lipinski definition) is 1. The standard InChI is InChI=1S/C10H10N2O2/c1-6-3-4-7-5-8(14-2)12-10(13)9(7)11-6/h3-5H,1-2H3,(H,12,13). The maximum Gasteiger partial charge on any atom is 0.277 e. The van der Waals surface area contributed by atoms with Crippen LogP contribution in [0.15, 0.2) is 23.0 Å². The van der Waals surface area contributed by atoms with Crippen molar-refractivity contribution in [1.82, 2.24) is 9.97 Å². The summed E-state index contributed by atoms with van der Waals surface area (Å²) in [6.45, 7) is 1.85. The Labute approximate surface area is 80.6 Å². The van der Waals surface area contributed by atoms with Gasteiger partial charge < -0.3 is 4.74 Å². The first-order valence-electron chi connectivity index (χ1n) is 4.25. The molecule has 4 nitrogen and oxygen atoms in total. The molecule has 0 unspecified atom stereocenters. The van der Waals surface area contributed by atoms with Gasteiger partial charge in [-0.25, -0.2) is 4.98 Å². The molecule has 0 atom stereocenters. The van der Waals surface area contributed by atoms with Crippen LogP contribution in [-0.4, -0.2) is 17.1 Å². The van der Waals surface area contributed by atoms with Crippen LogP contribution < -0.4 is 10.3 Å². The van der Waals surface area contributed by atoms with Gasteiger partial charge in [0.05, 0.1) is 7.11 Å². The zero-order valence-electron chi connectivity index (χ0n) is 8.00. The number of aromatic nitrogens is 2. The van der Waals surface area contributed by atoms with Crippen LogP contribution in [0.2, 0.25) is 0 Å². The third kappa shape index (κ3) is 1.35. The summed E-state index contributed by atoms with van der Waals surface area (Å²) in [6.07, 6.45) is 0. The van der Waals surface area contributed by atoms with E-state index in [1.165, 1.54) is 7.11 Å². The summed E-state index contributed by atoms with van der Waals surface area (Å²) in [7, 11) is 1.51. The first-order chi connectivity index (χ1) is 6.70. The van der Waals surface area contributed by atoms with Gasteiger partial charge in [0, 0.05) is 17.1 Å². The van der Waals surface area contributed by atoms with Crippen molar-refractivity contribution in [3.8, 4) is 5.88 Å². The fraction of sp³-hybridized carbons (Fsp3) is 0.200. The summed E-state index contributed by atoms with van der Waals surface area (Å²) < 4.78 is 4.95. The molecule has 2 rings (SSSR count). The molecule has 14 heavy (non-hydrogen) atoms. The number of fused-ring (bicyclic) bond motifs is 1. The van der Waals surface area contributed by atoms with Crippen LogP contribution in [0.3, 0.4) is 0 Å². The molecule has 72 valence electrons. The number of pyridine rings is 2. The lowest BCUT2D eigenvalue weighted by Gasteiger charge is -2.01. The smallest absolute Gasteiger partial charge is 0.277 e. The SMILES string of the molecule is COc1cc2ccc(C)nc2c(=O)[nH]1. The largest absolute Gasteiger partial charge is 0.482 e. The third-order valence-electron chi connectivity index (χ3n) is 2.02. The number of rotatable bonds is 1. The van der Waals surface area contributed by atoms with Gasteiger partial charge in [0.15, 0.2) is 5.88 Å². The summed E-state index contributed by atoms with van der Waals surface area (Å²) in [5.41, 5.74) is 1.06. The molecule has 0 amide bonds. The Morgan fingerprint density at radius 1 is 1.43 bits per heavy atom. The highest BCUT2D eigenvalue weighted by atomic mass is 16.5. The molecular formula is C10H10N2O2. The summed E-state index contributed by atoms with van der Waals surface area (Å²) in [5.74, 6) is 0.452. The van der Waals surface area contributed by atoms with E-state index < -0.39 is 0 Å². The van der Waals surface area contributed by atoms with Crippen molar-refractivity contribution in [2.75, 3.05) is 7.11 Å². The molecule has 2 aromatic heterocycles. The highest BCUT2D eigenvalue weighted by molar-refractivity contribution is 5.78. The third-order valence-corrected chi connectivity index (χ3v) is 2.02. The van der Waals surface area contributed by atoms with Gasteiger partial charge >= 0.3 is 0 Å². The second-order valence-electron chi connectivity index (χ2n) is 3.06. The zero-order chi connectivity index (χ0) is 10.1. The Kier molecular flexibility index (Phi) is 1.96. The second kappa shape index (κ2) is 3.14.